The maximum atomic E-state index is 12.9. The van der Waals surface area contributed by atoms with Crippen LogP contribution in [0.15, 0.2) is 66.9 Å². The summed E-state index contributed by atoms with van der Waals surface area (Å²) in [6.07, 6.45) is 5.23. The van der Waals surface area contributed by atoms with Gasteiger partial charge in [0.2, 0.25) is 0 Å². The third-order valence-electron chi connectivity index (χ3n) is 4.72. The summed E-state index contributed by atoms with van der Waals surface area (Å²) in [5.74, 6) is -0.270. The van der Waals surface area contributed by atoms with Gasteiger partial charge in [0.15, 0.2) is 0 Å². The average molecular weight is 359 g/mol. The Kier molecular flexibility index (Phi) is 4.83. The summed E-state index contributed by atoms with van der Waals surface area (Å²) in [6, 6.07) is 19.1. The third-order valence-corrected chi connectivity index (χ3v) is 4.72. The number of aromatic nitrogens is 2. The number of hydrogen-bond acceptors (Lipinski definition) is 3. The summed E-state index contributed by atoms with van der Waals surface area (Å²) < 4.78 is 1.88. The molecule has 0 aliphatic heterocycles. The van der Waals surface area contributed by atoms with Gasteiger partial charge < -0.3 is 10.1 Å². The number of amides is 1. The van der Waals surface area contributed by atoms with Crippen molar-refractivity contribution in [1.29, 1.82) is 0 Å². The van der Waals surface area contributed by atoms with Gasteiger partial charge in [0.1, 0.15) is 12.0 Å². The molecule has 1 heterocycles. The molecule has 5 heteroatoms. The van der Waals surface area contributed by atoms with E-state index in [2.05, 4.69) is 10.4 Å². The summed E-state index contributed by atoms with van der Waals surface area (Å²) in [5, 5.41) is 7.50. The molecule has 1 saturated carbocycles. The van der Waals surface area contributed by atoms with E-state index in [1.165, 1.54) is 0 Å². The fourth-order valence-corrected chi connectivity index (χ4v) is 3.14. The van der Waals surface area contributed by atoms with Crippen LogP contribution in [0.3, 0.4) is 0 Å². The van der Waals surface area contributed by atoms with Crippen molar-refractivity contribution in [3.8, 4) is 11.3 Å². The van der Waals surface area contributed by atoms with Crippen molar-refractivity contribution in [2.75, 3.05) is 0 Å². The minimum absolute atomic E-state index is 0.270. The molecule has 1 aliphatic rings. The monoisotopic (exact) mass is 359 g/mol. The lowest BCUT2D eigenvalue weighted by molar-refractivity contribution is -0.109. The molecular weight excluding hydrogens is 338 g/mol. The van der Waals surface area contributed by atoms with E-state index < -0.39 is 6.04 Å². The smallest absolute Gasteiger partial charge is 0.255 e. The molecule has 0 bridgehead atoms. The van der Waals surface area contributed by atoms with Gasteiger partial charge in [-0.2, -0.15) is 5.10 Å². The van der Waals surface area contributed by atoms with Crippen molar-refractivity contribution in [1.82, 2.24) is 15.1 Å². The normalized spacial score (nSPS) is 14.5. The molecule has 1 atom stereocenters. The second-order valence-corrected chi connectivity index (χ2v) is 6.87. The summed E-state index contributed by atoms with van der Waals surface area (Å²) in [6.45, 7) is 0. The Labute approximate surface area is 158 Å². The van der Waals surface area contributed by atoms with Crippen LogP contribution in [0, 0.1) is 0 Å². The lowest BCUT2D eigenvalue weighted by Crippen LogP contribution is -2.37. The topological polar surface area (TPSA) is 64.0 Å². The van der Waals surface area contributed by atoms with E-state index >= 15 is 0 Å². The highest BCUT2D eigenvalue weighted by Gasteiger charge is 2.28. The maximum Gasteiger partial charge on any atom is 0.255 e. The predicted octanol–water partition coefficient (Wildman–Crippen LogP) is 3.43. The SMILES string of the molecule is O=C[C@H](Cc1ccccc1)NC(=O)c1cn(C2CC2)nc1-c1ccccc1. The second kappa shape index (κ2) is 7.58. The Morgan fingerprint density at radius 1 is 1.11 bits per heavy atom. The van der Waals surface area contributed by atoms with Gasteiger partial charge in [-0.25, -0.2) is 0 Å². The van der Waals surface area contributed by atoms with Crippen LogP contribution in [-0.4, -0.2) is 28.0 Å². The molecule has 1 amide bonds. The van der Waals surface area contributed by atoms with Gasteiger partial charge in [-0.05, 0) is 24.8 Å². The summed E-state index contributed by atoms with van der Waals surface area (Å²) in [4.78, 5) is 24.5. The quantitative estimate of drug-likeness (QED) is 0.658. The Balaban J connectivity index is 1.58. The summed E-state index contributed by atoms with van der Waals surface area (Å²) in [5.41, 5.74) is 3.07. The van der Waals surface area contributed by atoms with Crippen LogP contribution in [0.2, 0.25) is 0 Å². The number of rotatable bonds is 7. The highest BCUT2D eigenvalue weighted by Crippen LogP contribution is 2.36. The zero-order valence-electron chi connectivity index (χ0n) is 14.9. The molecule has 4 rings (SSSR count). The molecule has 5 nitrogen and oxygen atoms in total. The van der Waals surface area contributed by atoms with Gasteiger partial charge in [-0.3, -0.25) is 9.48 Å². The van der Waals surface area contributed by atoms with Crippen LogP contribution in [0.1, 0.15) is 34.8 Å². The molecule has 1 N–H and O–H groups in total. The Hall–Kier alpha value is -3.21. The van der Waals surface area contributed by atoms with Crippen LogP contribution in [0.5, 0.6) is 0 Å². The van der Waals surface area contributed by atoms with Gasteiger partial charge >= 0.3 is 0 Å². The number of aldehydes is 1. The largest absolute Gasteiger partial charge is 0.342 e. The van der Waals surface area contributed by atoms with E-state index in [-0.39, 0.29) is 5.91 Å². The van der Waals surface area contributed by atoms with E-state index in [0.717, 1.165) is 30.3 Å². The summed E-state index contributed by atoms with van der Waals surface area (Å²) in [7, 11) is 0. The molecule has 0 unspecified atom stereocenters. The van der Waals surface area contributed by atoms with Gasteiger partial charge in [0, 0.05) is 11.8 Å². The van der Waals surface area contributed by atoms with Gasteiger partial charge in [0.25, 0.3) is 5.91 Å². The fraction of sp³-hybridized carbons (Fsp3) is 0.227. The third kappa shape index (κ3) is 3.97. The molecule has 1 aliphatic carbocycles. The van der Waals surface area contributed by atoms with Gasteiger partial charge in [0.05, 0.1) is 17.6 Å². The standard InChI is InChI=1S/C22H21N3O2/c26-15-18(13-16-7-3-1-4-8-16)23-22(27)20-14-25(19-11-12-19)24-21(20)17-9-5-2-6-10-17/h1-10,14-15,18-19H,11-13H2,(H,23,27)/t18-/m0/s1. The highest BCUT2D eigenvalue weighted by atomic mass is 16.2. The first-order valence-electron chi connectivity index (χ1n) is 9.19. The first kappa shape index (κ1) is 17.2. The first-order chi connectivity index (χ1) is 13.2. The van der Waals surface area contributed by atoms with Crippen LogP contribution >= 0.6 is 0 Å². The first-order valence-corrected chi connectivity index (χ1v) is 9.19. The lowest BCUT2D eigenvalue weighted by atomic mass is 10.1. The van der Waals surface area contributed by atoms with Crippen molar-refractivity contribution in [2.24, 2.45) is 0 Å². The predicted molar refractivity (Wildman–Crippen MR) is 103 cm³/mol. The minimum atomic E-state index is -0.576. The number of carbonyl (C=O) groups excluding carboxylic acids is 2. The van der Waals surface area contributed by atoms with Crippen LogP contribution in [-0.2, 0) is 11.2 Å². The van der Waals surface area contributed by atoms with Crippen LogP contribution in [0.4, 0.5) is 0 Å². The lowest BCUT2D eigenvalue weighted by Gasteiger charge is -2.13. The zero-order chi connectivity index (χ0) is 18.6. The number of carbonyl (C=O) groups is 2. The van der Waals surface area contributed by atoms with Crippen molar-refractivity contribution < 1.29 is 9.59 Å². The van der Waals surface area contributed by atoms with Crippen molar-refractivity contribution in [2.45, 2.75) is 31.3 Å². The van der Waals surface area contributed by atoms with Gasteiger partial charge in [-0.1, -0.05) is 60.7 Å². The number of hydrogen-bond donors (Lipinski definition) is 1. The Morgan fingerprint density at radius 2 is 1.78 bits per heavy atom. The van der Waals surface area contributed by atoms with Crippen molar-refractivity contribution in [3.63, 3.8) is 0 Å². The highest BCUT2D eigenvalue weighted by molar-refractivity contribution is 6.00. The number of benzene rings is 2. The molecule has 0 spiro atoms. The van der Waals surface area contributed by atoms with E-state index in [1.807, 2.05) is 65.3 Å². The molecular formula is C22H21N3O2. The van der Waals surface area contributed by atoms with E-state index in [0.29, 0.717) is 23.7 Å². The molecule has 0 saturated heterocycles. The summed E-state index contributed by atoms with van der Waals surface area (Å²) >= 11 is 0. The Bertz CT molecular complexity index is 931. The van der Waals surface area contributed by atoms with E-state index in [1.54, 1.807) is 6.20 Å². The van der Waals surface area contributed by atoms with E-state index in [9.17, 15) is 9.59 Å². The van der Waals surface area contributed by atoms with Crippen LogP contribution < -0.4 is 5.32 Å². The van der Waals surface area contributed by atoms with Gasteiger partial charge in [-0.15, -0.1) is 0 Å². The molecule has 2 aromatic carbocycles. The second-order valence-electron chi connectivity index (χ2n) is 6.87. The molecule has 136 valence electrons. The Morgan fingerprint density at radius 3 is 2.41 bits per heavy atom. The van der Waals surface area contributed by atoms with Crippen molar-refractivity contribution >= 4 is 12.2 Å². The number of nitrogens with zero attached hydrogens (tertiary/aromatic N) is 2. The zero-order valence-corrected chi connectivity index (χ0v) is 14.9. The fourth-order valence-electron chi connectivity index (χ4n) is 3.14. The molecule has 1 fully saturated rings. The number of nitrogens with one attached hydrogen (secondary N) is 1. The van der Waals surface area contributed by atoms with Crippen LogP contribution in [0.25, 0.3) is 11.3 Å². The van der Waals surface area contributed by atoms with Crippen molar-refractivity contribution in [3.05, 3.63) is 78.0 Å². The molecule has 3 aromatic rings. The maximum absolute atomic E-state index is 12.9. The molecule has 1 aromatic heterocycles. The minimum Gasteiger partial charge on any atom is -0.342 e. The van der Waals surface area contributed by atoms with E-state index in [4.69, 9.17) is 0 Å². The average Bonchev–Trinajstić information content (AvgIpc) is 3.47. The molecule has 27 heavy (non-hydrogen) atoms. The molecule has 0 radical (unpaired) electrons.